The molecule has 0 aromatic rings. The van der Waals surface area contributed by atoms with Gasteiger partial charge >= 0.3 is 6.18 Å². The monoisotopic (exact) mass is 236 g/mol. The van der Waals surface area contributed by atoms with Gasteiger partial charge in [-0.15, -0.1) is 0 Å². The number of hydrogen-bond donors (Lipinski definition) is 1. The van der Waals surface area contributed by atoms with E-state index in [4.69, 9.17) is 0 Å². The molecule has 16 heavy (non-hydrogen) atoms. The summed E-state index contributed by atoms with van der Waals surface area (Å²) in [6.07, 6.45) is -3.32. The zero-order chi connectivity index (χ0) is 12.0. The van der Waals surface area contributed by atoms with Crippen LogP contribution in [0.1, 0.15) is 32.6 Å². The summed E-state index contributed by atoms with van der Waals surface area (Å²) in [7, 11) is 0. The topological polar surface area (TPSA) is 32.3 Å². The first kappa shape index (κ1) is 11.7. The standard InChI is InChI=1S/C10H15F3N2O/c1-2-3-7-14-6-8(16)15(7)9(4-5-9)10(11,12)13/h7,14H,2-6H2,1H3. The van der Waals surface area contributed by atoms with Crippen LogP contribution in [0.3, 0.4) is 0 Å². The van der Waals surface area contributed by atoms with E-state index in [9.17, 15) is 18.0 Å². The average Bonchev–Trinajstić information content (AvgIpc) is 2.89. The second kappa shape index (κ2) is 3.61. The molecule has 1 aliphatic carbocycles. The van der Waals surface area contributed by atoms with Crippen LogP contribution in [-0.2, 0) is 4.79 Å². The molecule has 2 rings (SSSR count). The highest BCUT2D eigenvalue weighted by Crippen LogP contribution is 2.54. The first-order chi connectivity index (χ1) is 7.42. The van der Waals surface area contributed by atoms with Crippen molar-refractivity contribution in [2.45, 2.75) is 50.5 Å². The lowest BCUT2D eigenvalue weighted by Gasteiger charge is -2.34. The van der Waals surface area contributed by atoms with Gasteiger partial charge in [0.1, 0.15) is 5.54 Å². The van der Waals surface area contributed by atoms with Crippen LogP contribution in [0.5, 0.6) is 0 Å². The second-order valence-corrected chi connectivity index (χ2v) is 4.48. The first-order valence-electron chi connectivity index (χ1n) is 5.54. The van der Waals surface area contributed by atoms with Gasteiger partial charge in [0.2, 0.25) is 5.91 Å². The third-order valence-corrected chi connectivity index (χ3v) is 3.34. The highest BCUT2D eigenvalue weighted by Gasteiger charge is 2.69. The third-order valence-electron chi connectivity index (χ3n) is 3.34. The quantitative estimate of drug-likeness (QED) is 0.808. The average molecular weight is 236 g/mol. The highest BCUT2D eigenvalue weighted by molar-refractivity contribution is 5.82. The molecule has 1 atom stereocenters. The maximum atomic E-state index is 12.9. The molecule has 0 aromatic carbocycles. The lowest BCUT2D eigenvalue weighted by Crippen LogP contribution is -2.53. The number of rotatable bonds is 3. The first-order valence-corrected chi connectivity index (χ1v) is 5.54. The number of nitrogens with zero attached hydrogens (tertiary/aromatic N) is 1. The minimum absolute atomic E-state index is 0.0303. The Hall–Kier alpha value is -0.780. The molecule has 1 unspecified atom stereocenters. The minimum atomic E-state index is -4.30. The number of hydrogen-bond acceptors (Lipinski definition) is 2. The predicted molar refractivity (Wildman–Crippen MR) is 51.6 cm³/mol. The van der Waals surface area contributed by atoms with Gasteiger partial charge in [0, 0.05) is 0 Å². The van der Waals surface area contributed by atoms with Crippen LogP contribution in [0, 0.1) is 0 Å². The number of carbonyl (C=O) groups excluding carboxylic acids is 1. The SMILES string of the molecule is CCCC1NCC(=O)N1C1(C(F)(F)F)CC1. The van der Waals surface area contributed by atoms with Crippen molar-refractivity contribution >= 4 is 5.91 Å². The number of carbonyl (C=O) groups is 1. The Labute approximate surface area is 92.0 Å². The van der Waals surface area contributed by atoms with E-state index in [-0.39, 0.29) is 19.4 Å². The van der Waals surface area contributed by atoms with Gasteiger partial charge < -0.3 is 4.90 Å². The Morgan fingerprint density at radius 2 is 2.12 bits per heavy atom. The van der Waals surface area contributed by atoms with Crippen molar-refractivity contribution in [3.05, 3.63) is 0 Å². The van der Waals surface area contributed by atoms with E-state index in [0.29, 0.717) is 6.42 Å². The van der Waals surface area contributed by atoms with E-state index in [2.05, 4.69) is 5.32 Å². The number of alkyl halides is 3. The molecule has 0 spiro atoms. The lowest BCUT2D eigenvalue weighted by atomic mass is 10.1. The van der Waals surface area contributed by atoms with Crippen LogP contribution in [-0.4, -0.2) is 35.2 Å². The molecule has 0 bridgehead atoms. The Balaban J connectivity index is 2.21. The summed E-state index contributed by atoms with van der Waals surface area (Å²) in [6, 6.07) is 0. The predicted octanol–water partition coefficient (Wildman–Crippen LogP) is 1.64. The van der Waals surface area contributed by atoms with Crippen molar-refractivity contribution in [1.29, 1.82) is 0 Å². The van der Waals surface area contributed by atoms with Crippen LogP contribution in [0.4, 0.5) is 13.2 Å². The van der Waals surface area contributed by atoms with E-state index in [1.54, 1.807) is 0 Å². The molecule has 1 saturated carbocycles. The summed E-state index contributed by atoms with van der Waals surface area (Å²) in [4.78, 5) is 12.6. The zero-order valence-electron chi connectivity index (χ0n) is 9.10. The Morgan fingerprint density at radius 1 is 1.50 bits per heavy atom. The maximum Gasteiger partial charge on any atom is 0.411 e. The van der Waals surface area contributed by atoms with Crippen molar-refractivity contribution in [3.63, 3.8) is 0 Å². The van der Waals surface area contributed by atoms with Gasteiger partial charge in [-0.25, -0.2) is 0 Å². The van der Waals surface area contributed by atoms with E-state index < -0.39 is 23.8 Å². The molecule has 3 nitrogen and oxygen atoms in total. The summed E-state index contributed by atoms with van der Waals surface area (Å²) >= 11 is 0. The van der Waals surface area contributed by atoms with Gasteiger partial charge in [-0.3, -0.25) is 10.1 Å². The fourth-order valence-electron chi connectivity index (χ4n) is 2.38. The molecule has 6 heteroatoms. The molecule has 0 radical (unpaired) electrons. The van der Waals surface area contributed by atoms with Gasteiger partial charge in [0.05, 0.1) is 12.7 Å². The fraction of sp³-hybridized carbons (Fsp3) is 0.900. The lowest BCUT2D eigenvalue weighted by molar-refractivity contribution is -0.202. The molecular weight excluding hydrogens is 221 g/mol. The van der Waals surface area contributed by atoms with E-state index in [1.165, 1.54) is 0 Å². The largest absolute Gasteiger partial charge is 0.411 e. The van der Waals surface area contributed by atoms with Crippen molar-refractivity contribution in [2.75, 3.05) is 6.54 Å². The summed E-state index contributed by atoms with van der Waals surface area (Å²) < 4.78 is 38.7. The fourth-order valence-corrected chi connectivity index (χ4v) is 2.38. The molecule has 1 saturated heterocycles. The highest BCUT2D eigenvalue weighted by atomic mass is 19.4. The van der Waals surface area contributed by atoms with Crippen LogP contribution in [0.2, 0.25) is 0 Å². The summed E-state index contributed by atoms with van der Waals surface area (Å²) in [5.41, 5.74) is -1.87. The third kappa shape index (κ3) is 1.59. The number of halogens is 3. The maximum absolute atomic E-state index is 12.9. The Bertz CT molecular complexity index is 299. The minimum Gasteiger partial charge on any atom is -0.311 e. The van der Waals surface area contributed by atoms with Gasteiger partial charge in [-0.05, 0) is 19.3 Å². The molecular formula is C10H15F3N2O. The van der Waals surface area contributed by atoms with Crippen molar-refractivity contribution in [1.82, 2.24) is 10.2 Å². The number of nitrogens with one attached hydrogen (secondary N) is 1. The second-order valence-electron chi connectivity index (χ2n) is 4.48. The van der Waals surface area contributed by atoms with E-state index >= 15 is 0 Å². The molecule has 1 aliphatic heterocycles. The van der Waals surface area contributed by atoms with Gasteiger partial charge in [-0.1, -0.05) is 13.3 Å². The van der Waals surface area contributed by atoms with E-state index in [0.717, 1.165) is 11.3 Å². The number of amides is 1. The molecule has 0 aromatic heterocycles. The van der Waals surface area contributed by atoms with Crippen molar-refractivity contribution < 1.29 is 18.0 Å². The summed E-state index contributed by atoms with van der Waals surface area (Å²) in [5.74, 6) is -0.423. The molecule has 92 valence electrons. The molecule has 2 aliphatic rings. The Kier molecular flexibility index (Phi) is 2.64. The Morgan fingerprint density at radius 3 is 2.56 bits per heavy atom. The van der Waals surface area contributed by atoms with Crippen molar-refractivity contribution in [2.24, 2.45) is 0 Å². The van der Waals surface area contributed by atoms with Gasteiger partial charge in [0.15, 0.2) is 0 Å². The molecule has 1 N–H and O–H groups in total. The summed E-state index contributed by atoms with van der Waals surface area (Å²) in [6.45, 7) is 1.93. The molecule has 1 heterocycles. The van der Waals surface area contributed by atoms with Crippen LogP contribution >= 0.6 is 0 Å². The van der Waals surface area contributed by atoms with Crippen LogP contribution in [0.15, 0.2) is 0 Å². The normalized spacial score (nSPS) is 28.6. The van der Waals surface area contributed by atoms with E-state index in [1.807, 2.05) is 6.92 Å². The molecule has 2 fully saturated rings. The van der Waals surface area contributed by atoms with Gasteiger partial charge in [-0.2, -0.15) is 13.2 Å². The van der Waals surface area contributed by atoms with Crippen LogP contribution in [0.25, 0.3) is 0 Å². The summed E-state index contributed by atoms with van der Waals surface area (Å²) in [5, 5.41) is 2.85. The van der Waals surface area contributed by atoms with Crippen LogP contribution < -0.4 is 5.32 Å². The zero-order valence-corrected chi connectivity index (χ0v) is 9.10. The smallest absolute Gasteiger partial charge is 0.311 e. The van der Waals surface area contributed by atoms with Crippen molar-refractivity contribution in [3.8, 4) is 0 Å². The molecule has 1 amide bonds. The van der Waals surface area contributed by atoms with Gasteiger partial charge in [0.25, 0.3) is 0 Å².